The Morgan fingerprint density at radius 2 is 1.95 bits per heavy atom. The van der Waals surface area contributed by atoms with Crippen LogP contribution in [-0.2, 0) is 4.74 Å². The molecule has 0 aliphatic rings. The van der Waals surface area contributed by atoms with Crippen molar-refractivity contribution in [3.8, 4) is 17.0 Å². The Kier molecular flexibility index (Phi) is 9.17. The Hall–Kier alpha value is -2.96. The number of hydrogen-bond acceptors (Lipinski definition) is 8. The van der Waals surface area contributed by atoms with Crippen molar-refractivity contribution in [2.75, 3.05) is 52.8 Å². The lowest BCUT2D eigenvalue weighted by Crippen LogP contribution is -2.20. The standard InChI is InChI=1S/C25H27ClF2N6O2S/c1-33(2)11-13-36-12-9-31-37-21-7-4-16(14-18(21)26)32-24-25-30-15-19(34(25)10-8-29-24)17-5-6-20(35-3)23(28)22(17)27/h4-8,10,14-15,31H,9,11-13H2,1-3H3,(H,29,32). The molecule has 0 unspecified atom stereocenters. The number of fused-ring (bicyclic) bond motifs is 1. The summed E-state index contributed by atoms with van der Waals surface area (Å²) in [4.78, 5) is 11.7. The van der Waals surface area contributed by atoms with E-state index >= 15 is 0 Å². The fraction of sp³-hybridized carbons (Fsp3) is 0.280. The number of likely N-dealkylation sites (N-methyl/N-ethyl adjacent to an activating group) is 1. The molecule has 12 heteroatoms. The van der Waals surface area contributed by atoms with Crippen LogP contribution in [0.1, 0.15) is 0 Å². The maximum atomic E-state index is 14.7. The molecular weight excluding hydrogens is 522 g/mol. The van der Waals surface area contributed by atoms with Crippen LogP contribution in [0.3, 0.4) is 0 Å². The highest BCUT2D eigenvalue weighted by Crippen LogP contribution is 2.33. The Bertz CT molecular complexity index is 1370. The van der Waals surface area contributed by atoms with Gasteiger partial charge < -0.3 is 19.7 Å². The number of aromatic nitrogens is 3. The van der Waals surface area contributed by atoms with Gasteiger partial charge in [0.1, 0.15) is 0 Å². The summed E-state index contributed by atoms with van der Waals surface area (Å²) in [5.74, 6) is -1.80. The Morgan fingerprint density at radius 1 is 1.11 bits per heavy atom. The van der Waals surface area contributed by atoms with E-state index in [2.05, 4.69) is 24.9 Å². The summed E-state index contributed by atoms with van der Waals surface area (Å²) in [7, 11) is 5.30. The number of nitrogens with one attached hydrogen (secondary N) is 2. The summed E-state index contributed by atoms with van der Waals surface area (Å²) in [6, 6.07) is 8.38. The summed E-state index contributed by atoms with van der Waals surface area (Å²) in [6.07, 6.45) is 4.65. The normalized spacial score (nSPS) is 11.4. The second kappa shape index (κ2) is 12.5. The van der Waals surface area contributed by atoms with E-state index in [1.165, 1.54) is 37.4 Å². The highest BCUT2D eigenvalue weighted by Gasteiger charge is 2.19. The molecule has 0 saturated carbocycles. The molecular formula is C25H27ClF2N6O2S. The van der Waals surface area contributed by atoms with Crippen LogP contribution in [0.4, 0.5) is 20.3 Å². The van der Waals surface area contributed by atoms with Crippen molar-refractivity contribution in [2.24, 2.45) is 0 Å². The predicted octanol–water partition coefficient (Wildman–Crippen LogP) is 5.26. The number of halogens is 3. The first-order valence-electron chi connectivity index (χ1n) is 11.4. The number of imidazole rings is 1. The van der Waals surface area contributed by atoms with Gasteiger partial charge >= 0.3 is 0 Å². The zero-order valence-electron chi connectivity index (χ0n) is 20.6. The molecule has 0 aliphatic carbocycles. The third-order valence-electron chi connectivity index (χ3n) is 5.38. The smallest absolute Gasteiger partial charge is 0.201 e. The van der Waals surface area contributed by atoms with E-state index in [0.717, 1.165) is 11.4 Å². The van der Waals surface area contributed by atoms with Crippen LogP contribution in [0.15, 0.2) is 53.8 Å². The SMILES string of the molecule is COc1ccc(-c2cnc3c(Nc4ccc(SNCCOCCN(C)C)c(Cl)c4)nccn23)c(F)c1F. The fourth-order valence-electron chi connectivity index (χ4n) is 3.48. The summed E-state index contributed by atoms with van der Waals surface area (Å²) in [5.41, 5.74) is 1.58. The maximum Gasteiger partial charge on any atom is 0.201 e. The molecule has 0 atom stereocenters. The van der Waals surface area contributed by atoms with Crippen molar-refractivity contribution >= 4 is 40.7 Å². The molecule has 0 radical (unpaired) electrons. The molecule has 0 amide bonds. The van der Waals surface area contributed by atoms with Crippen molar-refractivity contribution in [3.05, 3.63) is 65.6 Å². The minimum Gasteiger partial charge on any atom is -0.494 e. The Labute approximate surface area is 223 Å². The molecule has 196 valence electrons. The molecule has 0 saturated heterocycles. The predicted molar refractivity (Wildman–Crippen MR) is 143 cm³/mol. The third kappa shape index (κ3) is 6.49. The van der Waals surface area contributed by atoms with Crippen LogP contribution in [0.5, 0.6) is 5.75 Å². The number of rotatable bonds is 12. The zero-order valence-corrected chi connectivity index (χ0v) is 22.2. The first kappa shape index (κ1) is 27.1. The van der Waals surface area contributed by atoms with Crippen LogP contribution >= 0.6 is 23.5 Å². The molecule has 2 N–H and O–H groups in total. The lowest BCUT2D eigenvalue weighted by atomic mass is 10.1. The molecule has 2 aromatic heterocycles. The van der Waals surface area contributed by atoms with Gasteiger partial charge in [-0.25, -0.2) is 14.4 Å². The van der Waals surface area contributed by atoms with Gasteiger partial charge in [0, 0.05) is 41.6 Å². The molecule has 37 heavy (non-hydrogen) atoms. The van der Waals surface area contributed by atoms with Crippen LogP contribution in [-0.4, -0.2) is 66.8 Å². The van der Waals surface area contributed by atoms with Gasteiger partial charge in [-0.1, -0.05) is 11.6 Å². The van der Waals surface area contributed by atoms with E-state index in [-0.39, 0.29) is 11.3 Å². The average molecular weight is 549 g/mol. The van der Waals surface area contributed by atoms with Crippen LogP contribution in [0.2, 0.25) is 5.02 Å². The van der Waals surface area contributed by atoms with Gasteiger partial charge in [-0.15, -0.1) is 0 Å². The maximum absolute atomic E-state index is 14.7. The largest absolute Gasteiger partial charge is 0.494 e. The summed E-state index contributed by atoms with van der Waals surface area (Å²) in [6.45, 7) is 2.85. The van der Waals surface area contributed by atoms with Gasteiger partial charge in [0.05, 0.1) is 37.2 Å². The van der Waals surface area contributed by atoms with Crippen molar-refractivity contribution < 1.29 is 18.3 Å². The van der Waals surface area contributed by atoms with Crippen molar-refractivity contribution in [3.63, 3.8) is 0 Å². The summed E-state index contributed by atoms with van der Waals surface area (Å²) < 4.78 is 44.3. The first-order chi connectivity index (χ1) is 17.9. The molecule has 8 nitrogen and oxygen atoms in total. The van der Waals surface area contributed by atoms with Gasteiger partial charge in [-0.3, -0.25) is 9.12 Å². The monoisotopic (exact) mass is 548 g/mol. The molecule has 0 fully saturated rings. The first-order valence-corrected chi connectivity index (χ1v) is 12.6. The van der Waals surface area contributed by atoms with E-state index in [0.29, 0.717) is 47.6 Å². The number of methoxy groups -OCH3 is 1. The lowest BCUT2D eigenvalue weighted by molar-refractivity contribution is 0.122. The number of benzene rings is 2. The van der Waals surface area contributed by atoms with Gasteiger partial charge in [0.25, 0.3) is 0 Å². The number of anilines is 2. The van der Waals surface area contributed by atoms with E-state index in [1.807, 2.05) is 26.2 Å². The topological polar surface area (TPSA) is 75.9 Å². The molecule has 2 heterocycles. The van der Waals surface area contributed by atoms with Gasteiger partial charge in [-0.2, -0.15) is 4.39 Å². The molecule has 4 aromatic rings. The minimum absolute atomic E-state index is 0.0583. The highest BCUT2D eigenvalue weighted by atomic mass is 35.5. The van der Waals surface area contributed by atoms with Crippen molar-refractivity contribution in [1.82, 2.24) is 24.0 Å². The summed E-state index contributed by atoms with van der Waals surface area (Å²) in [5, 5.41) is 3.76. The van der Waals surface area contributed by atoms with E-state index in [1.54, 1.807) is 22.9 Å². The zero-order chi connectivity index (χ0) is 26.4. The number of hydrogen-bond donors (Lipinski definition) is 2. The van der Waals surface area contributed by atoms with Crippen LogP contribution in [0, 0.1) is 11.6 Å². The Balaban J connectivity index is 1.44. The molecule has 0 bridgehead atoms. The fourth-order valence-corrected chi connectivity index (χ4v) is 4.41. The van der Waals surface area contributed by atoms with Gasteiger partial charge in [0.15, 0.2) is 23.0 Å². The molecule has 0 spiro atoms. The van der Waals surface area contributed by atoms with E-state index < -0.39 is 11.6 Å². The minimum atomic E-state index is -1.05. The third-order valence-corrected chi connectivity index (χ3v) is 6.73. The van der Waals surface area contributed by atoms with Gasteiger partial charge in [-0.05, 0) is 56.4 Å². The number of ether oxygens (including phenoxy) is 2. The van der Waals surface area contributed by atoms with Crippen LogP contribution in [0.25, 0.3) is 16.9 Å². The van der Waals surface area contributed by atoms with Gasteiger partial charge in [0.2, 0.25) is 5.82 Å². The molecule has 4 rings (SSSR count). The average Bonchev–Trinajstić information content (AvgIpc) is 3.31. The van der Waals surface area contributed by atoms with Crippen molar-refractivity contribution in [1.29, 1.82) is 0 Å². The second-order valence-corrected chi connectivity index (χ2v) is 9.58. The second-order valence-electron chi connectivity index (χ2n) is 8.24. The van der Waals surface area contributed by atoms with E-state index in [9.17, 15) is 8.78 Å². The number of nitrogens with zero attached hydrogens (tertiary/aromatic N) is 4. The molecule has 0 aliphatic heterocycles. The molecule has 2 aromatic carbocycles. The van der Waals surface area contributed by atoms with Crippen molar-refractivity contribution in [2.45, 2.75) is 4.90 Å². The Morgan fingerprint density at radius 3 is 2.70 bits per heavy atom. The lowest BCUT2D eigenvalue weighted by Gasteiger charge is -2.12. The summed E-state index contributed by atoms with van der Waals surface area (Å²) >= 11 is 7.91. The quantitative estimate of drug-likeness (QED) is 0.183. The highest BCUT2D eigenvalue weighted by molar-refractivity contribution is 7.97. The van der Waals surface area contributed by atoms with E-state index in [4.69, 9.17) is 21.1 Å². The van der Waals surface area contributed by atoms with Crippen LogP contribution < -0.4 is 14.8 Å².